The second-order valence-corrected chi connectivity index (χ2v) is 23.4. The van der Waals surface area contributed by atoms with Crippen molar-refractivity contribution in [2.24, 2.45) is 0 Å². The molecular formula is C52H57F3N10O12S3. The first-order valence-corrected chi connectivity index (χ1v) is 29.4. The van der Waals surface area contributed by atoms with Crippen LogP contribution >= 0.6 is 11.8 Å². The molecule has 0 bridgehead atoms. The summed E-state index contributed by atoms with van der Waals surface area (Å²) in [6.07, 6.45) is 2.88. The Balaban J connectivity index is 0.753. The number of amides is 6. The number of piperidine rings is 1. The molecule has 3 aliphatic heterocycles. The maximum atomic E-state index is 14.2. The topological polar surface area (TPSA) is 278 Å². The summed E-state index contributed by atoms with van der Waals surface area (Å²) < 4.78 is 110. The van der Waals surface area contributed by atoms with Gasteiger partial charge in [0.15, 0.2) is 0 Å². The molecule has 22 nitrogen and oxygen atoms in total. The van der Waals surface area contributed by atoms with E-state index in [1.165, 1.54) is 42.1 Å². The lowest BCUT2D eigenvalue weighted by molar-refractivity contribution is -0.136. The van der Waals surface area contributed by atoms with Crippen molar-refractivity contribution < 1.29 is 68.2 Å². The van der Waals surface area contributed by atoms with Crippen molar-refractivity contribution in [3.8, 4) is 0 Å². The zero-order valence-electron chi connectivity index (χ0n) is 42.9. The average molecular weight is 1170 g/mol. The van der Waals surface area contributed by atoms with Crippen molar-refractivity contribution in [1.82, 2.24) is 39.7 Å². The van der Waals surface area contributed by atoms with E-state index in [1.807, 2.05) is 30.3 Å². The highest BCUT2D eigenvalue weighted by Crippen LogP contribution is 2.37. The van der Waals surface area contributed by atoms with Gasteiger partial charge in [-0.1, -0.05) is 47.7 Å². The second-order valence-electron chi connectivity index (χ2n) is 18.7. The van der Waals surface area contributed by atoms with Crippen LogP contribution in [0.4, 0.5) is 24.5 Å². The fourth-order valence-corrected chi connectivity index (χ4v) is 12.1. The number of nitrogens with zero attached hydrogens (tertiary/aromatic N) is 6. The number of imide groups is 2. The Bertz CT molecular complexity index is 3290. The molecule has 0 spiro atoms. The van der Waals surface area contributed by atoms with Gasteiger partial charge >= 0.3 is 5.51 Å². The highest BCUT2D eigenvalue weighted by atomic mass is 32.2. The third kappa shape index (κ3) is 14.8. The van der Waals surface area contributed by atoms with E-state index in [0.29, 0.717) is 76.1 Å². The van der Waals surface area contributed by atoms with Crippen molar-refractivity contribution in [2.45, 2.75) is 77.5 Å². The van der Waals surface area contributed by atoms with Gasteiger partial charge in [-0.05, 0) is 73.9 Å². The van der Waals surface area contributed by atoms with Crippen LogP contribution in [0.15, 0.2) is 118 Å². The van der Waals surface area contributed by atoms with Gasteiger partial charge in [0.05, 0.1) is 54.3 Å². The Labute approximate surface area is 463 Å². The summed E-state index contributed by atoms with van der Waals surface area (Å²) in [7, 11) is -10.9. The molecule has 3 aliphatic rings. The van der Waals surface area contributed by atoms with Crippen molar-refractivity contribution >= 4 is 78.4 Å². The highest BCUT2D eigenvalue weighted by Gasteiger charge is 2.49. The Morgan fingerprint density at radius 2 is 1.55 bits per heavy atom. The van der Waals surface area contributed by atoms with Crippen molar-refractivity contribution in [3.63, 3.8) is 0 Å². The Kier molecular flexibility index (Phi) is 19.4. The van der Waals surface area contributed by atoms with Gasteiger partial charge in [0.2, 0.25) is 17.7 Å². The van der Waals surface area contributed by atoms with Gasteiger partial charge in [0, 0.05) is 86.6 Å². The minimum atomic E-state index is -6.11. The van der Waals surface area contributed by atoms with Crippen LogP contribution in [-0.2, 0) is 56.9 Å². The monoisotopic (exact) mass is 1170 g/mol. The number of fused-ring (bicyclic) bond motifs is 1. The van der Waals surface area contributed by atoms with Crippen molar-refractivity contribution in [1.29, 1.82) is 0 Å². The summed E-state index contributed by atoms with van der Waals surface area (Å²) in [5.41, 5.74) is -4.98. The van der Waals surface area contributed by atoms with Crippen LogP contribution < -0.4 is 20.7 Å². The van der Waals surface area contributed by atoms with Crippen LogP contribution in [-0.4, -0.2) is 164 Å². The average Bonchev–Trinajstić information content (AvgIpc) is 4.00. The number of sulfonamides is 1. The molecule has 4 heterocycles. The third-order valence-electron chi connectivity index (χ3n) is 13.2. The number of anilines is 2. The van der Waals surface area contributed by atoms with Crippen molar-refractivity contribution in [3.05, 3.63) is 126 Å². The zero-order valence-corrected chi connectivity index (χ0v) is 45.4. The predicted molar refractivity (Wildman–Crippen MR) is 284 cm³/mol. The molecule has 4 N–H and O–H groups in total. The number of halogens is 3. The van der Waals surface area contributed by atoms with Gasteiger partial charge in [-0.3, -0.25) is 48.6 Å². The van der Waals surface area contributed by atoms with Gasteiger partial charge < -0.3 is 25.0 Å². The minimum absolute atomic E-state index is 0.0225. The summed E-state index contributed by atoms with van der Waals surface area (Å²) in [4.78, 5) is 79.8. The molecule has 28 heteroatoms. The molecule has 0 radical (unpaired) electrons. The number of rotatable bonds is 26. The number of hydrogen-bond donors (Lipinski definition) is 4. The number of piperazine rings is 1. The zero-order chi connectivity index (χ0) is 57.0. The minimum Gasteiger partial charge on any atom is -0.382 e. The number of benzene rings is 4. The van der Waals surface area contributed by atoms with Crippen LogP contribution in [0.5, 0.6) is 0 Å². The van der Waals surface area contributed by atoms with Gasteiger partial charge in [0.1, 0.15) is 16.6 Å². The van der Waals surface area contributed by atoms with E-state index < -0.39 is 82.5 Å². The van der Waals surface area contributed by atoms with Gasteiger partial charge in [0.25, 0.3) is 37.6 Å². The molecule has 0 aliphatic carbocycles. The van der Waals surface area contributed by atoms with E-state index in [1.54, 1.807) is 38.7 Å². The molecule has 2 fully saturated rings. The third-order valence-corrected chi connectivity index (χ3v) is 17.2. The number of alkyl halides is 3. The van der Waals surface area contributed by atoms with Crippen LogP contribution in [0.1, 0.15) is 68.9 Å². The summed E-state index contributed by atoms with van der Waals surface area (Å²) in [5.74, 6) is -3.17. The summed E-state index contributed by atoms with van der Waals surface area (Å²) in [6.45, 7) is 3.94. The lowest BCUT2D eigenvalue weighted by Crippen LogP contribution is -2.54. The number of carbonyl (C=O) groups excluding carboxylic acids is 6. The molecule has 2 atom stereocenters. The van der Waals surface area contributed by atoms with Gasteiger partial charge in [-0.15, -0.1) is 16.9 Å². The van der Waals surface area contributed by atoms with E-state index in [4.69, 9.17) is 9.47 Å². The first-order valence-electron chi connectivity index (χ1n) is 25.4. The molecule has 6 amide bonds. The maximum Gasteiger partial charge on any atom is 0.501 e. The molecule has 80 heavy (non-hydrogen) atoms. The quantitative estimate of drug-likeness (QED) is 0.0341. The Hall–Kier alpha value is -7.24. The first-order chi connectivity index (χ1) is 38.3. The number of carbonyl (C=O) groups is 6. The lowest BCUT2D eigenvalue weighted by atomic mass is 10.0. The Morgan fingerprint density at radius 1 is 0.825 bits per heavy atom. The molecule has 1 aromatic heterocycles. The van der Waals surface area contributed by atoms with E-state index in [0.717, 1.165) is 21.9 Å². The van der Waals surface area contributed by atoms with E-state index in [2.05, 4.69) is 31.2 Å². The number of sulfone groups is 1. The predicted octanol–water partition coefficient (Wildman–Crippen LogP) is 4.32. The lowest BCUT2D eigenvalue weighted by Gasteiger charge is -2.35. The fourth-order valence-electron chi connectivity index (χ4n) is 9.04. The van der Waals surface area contributed by atoms with Crippen molar-refractivity contribution in [2.75, 3.05) is 75.5 Å². The standard InChI is InChI=1S/C52H57F3N10O12S3/c53-52(54,55)79(72,73)44-31-39(80(74,75)60-48(68)35-9-3-1-4-10-35)16-17-41(44)57-36(34-78-38-11-5-2-6-12-38)20-23-62-24-26-63(27-25-62)46(67)15-8-22-64-32-37(59-61-64)33-77-30-29-76-28-21-56-42-14-7-13-40-47(42)51(71)65(50(40)70)43-18-19-45(66)58-49(43)69/h1-7,9-14,16-17,31-32,36,43,56-57H,8,15,18-30,33-34H2,(H,60,68)(H,58,66,69)/t36-,43-/m1/s1. The Morgan fingerprint density at radius 3 is 2.27 bits per heavy atom. The van der Waals surface area contributed by atoms with Crippen LogP contribution in [0.25, 0.3) is 0 Å². The van der Waals surface area contributed by atoms with E-state index in [-0.39, 0.29) is 74.0 Å². The summed E-state index contributed by atoms with van der Waals surface area (Å²) >= 11 is 1.39. The molecule has 426 valence electrons. The number of aryl methyl sites for hydroxylation is 1. The van der Waals surface area contributed by atoms with Gasteiger partial charge in [-0.25, -0.2) is 21.6 Å². The smallest absolute Gasteiger partial charge is 0.382 e. The summed E-state index contributed by atoms with van der Waals surface area (Å²) in [6, 6.07) is 21.8. The molecule has 4 aromatic carbocycles. The molecule has 8 rings (SSSR count). The maximum absolute atomic E-state index is 14.2. The normalized spacial score (nSPS) is 16.6. The fraction of sp³-hybridized carbons (Fsp3) is 0.385. The first kappa shape index (κ1) is 58.9. The van der Waals surface area contributed by atoms with E-state index in [9.17, 15) is 58.8 Å². The molecule has 0 unspecified atom stereocenters. The number of hydrogen-bond acceptors (Lipinski definition) is 18. The largest absolute Gasteiger partial charge is 0.501 e. The molecular weight excluding hydrogens is 1110 g/mol. The van der Waals surface area contributed by atoms with Gasteiger partial charge in [-0.2, -0.15) is 13.2 Å². The number of thioether (sulfide) groups is 1. The molecule has 5 aromatic rings. The second kappa shape index (κ2) is 26.4. The number of aromatic nitrogens is 3. The molecule has 0 saturated carbocycles. The number of nitrogens with one attached hydrogen (secondary N) is 4. The number of ether oxygens (including phenoxy) is 2. The van der Waals surface area contributed by atoms with Crippen LogP contribution in [0.2, 0.25) is 0 Å². The summed E-state index contributed by atoms with van der Waals surface area (Å²) in [5, 5.41) is 16.5. The van der Waals surface area contributed by atoms with Crippen LogP contribution in [0.3, 0.4) is 0 Å². The SMILES string of the molecule is O=C1CC[C@@H](N2C(=O)c3cccc(NCCOCCOCc4cn(CCCC(=O)N5CCN(CC[C@H](CSc6ccccc6)Nc6ccc(S(=O)(=O)NC(=O)c7ccccc7)cc6S(=O)(=O)C(F)(F)F)CC5)nn4)c3C2=O)C(=O)N1. The van der Waals surface area contributed by atoms with E-state index >= 15 is 0 Å². The highest BCUT2D eigenvalue weighted by molar-refractivity contribution is 7.99. The van der Waals surface area contributed by atoms with Crippen LogP contribution in [0, 0.1) is 0 Å². The molecule has 2 saturated heterocycles.